The first-order valence-corrected chi connectivity index (χ1v) is 8.23. The fraction of sp³-hybridized carbons (Fsp3) is 0.118. The lowest BCUT2D eigenvalue weighted by Gasteiger charge is -2.09. The van der Waals surface area contributed by atoms with Crippen molar-refractivity contribution >= 4 is 29.0 Å². The number of carbonyl (C=O) groups is 1. The molecule has 0 radical (unpaired) electrons. The van der Waals surface area contributed by atoms with Crippen LogP contribution in [-0.4, -0.2) is 22.5 Å². The Labute approximate surface area is 164 Å². The lowest BCUT2D eigenvalue weighted by Crippen LogP contribution is -2.13. The molecular formula is C17H8Cl2F4N2O3. The number of hydrogen-bond acceptors (Lipinski definition) is 5. The summed E-state index contributed by atoms with van der Waals surface area (Å²) in [7, 11) is 0. The quantitative estimate of drug-likeness (QED) is 0.393. The number of carbonyl (C=O) groups excluding carboxylic acids is 1. The lowest BCUT2D eigenvalue weighted by atomic mass is 10.1. The van der Waals surface area contributed by atoms with E-state index in [-0.39, 0.29) is 26.9 Å². The molecule has 5 nitrogen and oxygen atoms in total. The molecule has 2 aromatic carbocycles. The minimum Gasteiger partial charge on any atom is -0.482 e. The zero-order valence-corrected chi connectivity index (χ0v) is 15.1. The van der Waals surface area contributed by atoms with E-state index < -0.39 is 36.1 Å². The molecule has 11 heteroatoms. The highest BCUT2D eigenvalue weighted by Crippen LogP contribution is 2.33. The Balaban J connectivity index is 1.77. The summed E-state index contributed by atoms with van der Waals surface area (Å²) in [6.07, 6.45) is -4.82. The predicted molar refractivity (Wildman–Crippen MR) is 91.0 cm³/mol. The van der Waals surface area contributed by atoms with Crippen LogP contribution in [0.3, 0.4) is 0 Å². The van der Waals surface area contributed by atoms with E-state index in [0.717, 1.165) is 12.1 Å². The number of Topliss-reactive ketones (excluding diaryl/α,β-unsaturated/α-hetero) is 1. The van der Waals surface area contributed by atoms with Crippen molar-refractivity contribution in [1.82, 2.24) is 10.1 Å². The van der Waals surface area contributed by atoms with E-state index in [0.29, 0.717) is 0 Å². The monoisotopic (exact) mass is 434 g/mol. The first kappa shape index (κ1) is 20.1. The molecule has 0 fully saturated rings. The summed E-state index contributed by atoms with van der Waals surface area (Å²) in [5, 5.41) is 3.50. The molecule has 146 valence electrons. The van der Waals surface area contributed by atoms with Gasteiger partial charge in [0.15, 0.2) is 12.4 Å². The van der Waals surface area contributed by atoms with Gasteiger partial charge in [-0.25, -0.2) is 4.39 Å². The Morgan fingerprint density at radius 1 is 1.14 bits per heavy atom. The zero-order chi connectivity index (χ0) is 20.5. The van der Waals surface area contributed by atoms with E-state index >= 15 is 0 Å². The third-order valence-corrected chi connectivity index (χ3v) is 4.06. The van der Waals surface area contributed by atoms with Gasteiger partial charge in [0.2, 0.25) is 11.6 Å². The first-order chi connectivity index (χ1) is 13.2. The van der Waals surface area contributed by atoms with Crippen LogP contribution < -0.4 is 4.74 Å². The standard InChI is InChI=1S/C17H8Cl2F4N2O3/c18-10-2-1-3-11(19)14(10)27-7-13(26)9-5-4-8(6-12(9)20)15-24-16(28-25-15)17(21,22)23/h1-6H,7H2. The van der Waals surface area contributed by atoms with Crippen LogP contribution in [0.4, 0.5) is 17.6 Å². The van der Waals surface area contributed by atoms with Crippen molar-refractivity contribution in [3.8, 4) is 17.1 Å². The molecule has 0 saturated heterocycles. The number of halogens is 6. The highest BCUT2D eigenvalue weighted by Gasteiger charge is 2.38. The van der Waals surface area contributed by atoms with Gasteiger partial charge in [-0.15, -0.1) is 0 Å². The topological polar surface area (TPSA) is 65.2 Å². The van der Waals surface area contributed by atoms with Gasteiger partial charge < -0.3 is 9.26 Å². The summed E-state index contributed by atoms with van der Waals surface area (Å²) < 4.78 is 61.1. The van der Waals surface area contributed by atoms with Gasteiger partial charge >= 0.3 is 12.1 Å². The maximum atomic E-state index is 14.3. The van der Waals surface area contributed by atoms with Crippen LogP contribution in [0.1, 0.15) is 16.2 Å². The molecule has 3 aromatic rings. The Kier molecular flexibility index (Phi) is 5.57. The lowest BCUT2D eigenvalue weighted by molar-refractivity contribution is -0.159. The summed E-state index contributed by atoms with van der Waals surface area (Å²) >= 11 is 11.8. The molecule has 0 atom stereocenters. The molecule has 28 heavy (non-hydrogen) atoms. The van der Waals surface area contributed by atoms with E-state index in [1.165, 1.54) is 18.2 Å². The van der Waals surface area contributed by atoms with Gasteiger partial charge in [0.25, 0.3) is 0 Å². The second-order valence-corrected chi connectivity index (χ2v) is 6.19. The van der Waals surface area contributed by atoms with Gasteiger partial charge in [-0.2, -0.15) is 18.2 Å². The maximum absolute atomic E-state index is 14.3. The van der Waals surface area contributed by atoms with Gasteiger partial charge in [-0.1, -0.05) is 40.5 Å². The Bertz CT molecular complexity index is 1020. The van der Waals surface area contributed by atoms with E-state index in [1.807, 2.05) is 0 Å². The maximum Gasteiger partial charge on any atom is 0.471 e. The summed E-state index contributed by atoms with van der Waals surface area (Å²) in [6, 6.07) is 7.67. The number of benzene rings is 2. The van der Waals surface area contributed by atoms with Gasteiger partial charge in [0.1, 0.15) is 5.82 Å². The van der Waals surface area contributed by atoms with Crippen LogP contribution in [0, 0.1) is 5.82 Å². The number of para-hydroxylation sites is 1. The van der Waals surface area contributed by atoms with E-state index in [4.69, 9.17) is 27.9 Å². The summed E-state index contributed by atoms with van der Waals surface area (Å²) in [4.78, 5) is 15.3. The molecule has 0 saturated carbocycles. The Morgan fingerprint density at radius 2 is 1.82 bits per heavy atom. The first-order valence-electron chi connectivity index (χ1n) is 7.47. The summed E-state index contributed by atoms with van der Waals surface area (Å²) in [6.45, 7) is -0.555. The smallest absolute Gasteiger partial charge is 0.471 e. The molecule has 1 heterocycles. The number of alkyl halides is 3. The van der Waals surface area contributed by atoms with E-state index in [2.05, 4.69) is 14.7 Å². The fourth-order valence-electron chi connectivity index (χ4n) is 2.17. The SMILES string of the molecule is O=C(COc1c(Cl)cccc1Cl)c1ccc(-c2noc(C(F)(F)F)n2)cc1F. The molecule has 3 rings (SSSR count). The van der Waals surface area contributed by atoms with E-state index in [9.17, 15) is 22.4 Å². The number of aromatic nitrogens is 2. The summed E-state index contributed by atoms with van der Waals surface area (Å²) in [5.74, 6) is -3.68. The summed E-state index contributed by atoms with van der Waals surface area (Å²) in [5.41, 5.74) is -0.435. The van der Waals surface area contributed by atoms with Crippen LogP contribution in [0.25, 0.3) is 11.4 Å². The fourth-order valence-corrected chi connectivity index (χ4v) is 2.68. The van der Waals surface area contributed by atoms with Gasteiger partial charge in [-0.05, 0) is 24.3 Å². The predicted octanol–water partition coefficient (Wildman–Crippen LogP) is 5.46. The molecule has 0 N–H and O–H groups in total. The molecule has 0 aliphatic rings. The third-order valence-electron chi connectivity index (χ3n) is 3.46. The highest BCUT2D eigenvalue weighted by molar-refractivity contribution is 6.37. The van der Waals surface area contributed by atoms with Crippen LogP contribution in [0.5, 0.6) is 5.75 Å². The number of ketones is 1. The second-order valence-electron chi connectivity index (χ2n) is 5.38. The van der Waals surface area contributed by atoms with E-state index in [1.54, 1.807) is 6.07 Å². The largest absolute Gasteiger partial charge is 0.482 e. The van der Waals surface area contributed by atoms with Crippen molar-refractivity contribution in [3.05, 3.63) is 63.7 Å². The van der Waals surface area contributed by atoms with Crippen molar-refractivity contribution in [2.45, 2.75) is 6.18 Å². The highest BCUT2D eigenvalue weighted by atomic mass is 35.5. The molecule has 0 aliphatic carbocycles. The molecule has 0 spiro atoms. The van der Waals surface area contributed by atoms with Gasteiger partial charge in [-0.3, -0.25) is 4.79 Å². The Morgan fingerprint density at radius 3 is 2.39 bits per heavy atom. The molecule has 0 aliphatic heterocycles. The third kappa shape index (κ3) is 4.26. The van der Waals surface area contributed by atoms with Gasteiger partial charge in [0, 0.05) is 5.56 Å². The number of rotatable bonds is 5. The van der Waals surface area contributed by atoms with Crippen LogP contribution in [-0.2, 0) is 6.18 Å². The molecular weight excluding hydrogens is 427 g/mol. The molecule has 1 aromatic heterocycles. The molecule has 0 unspecified atom stereocenters. The normalized spacial score (nSPS) is 11.5. The van der Waals surface area contributed by atoms with Crippen LogP contribution >= 0.6 is 23.2 Å². The van der Waals surface area contributed by atoms with Crippen molar-refractivity contribution in [2.24, 2.45) is 0 Å². The zero-order valence-electron chi connectivity index (χ0n) is 13.6. The molecule has 0 amide bonds. The van der Waals surface area contributed by atoms with Gasteiger partial charge in [0.05, 0.1) is 15.6 Å². The number of nitrogens with zero attached hydrogens (tertiary/aromatic N) is 2. The second kappa shape index (κ2) is 7.76. The average Bonchev–Trinajstić information content (AvgIpc) is 3.11. The number of hydrogen-bond donors (Lipinski definition) is 0. The number of ether oxygens (including phenoxy) is 1. The minimum atomic E-state index is -4.82. The molecule has 0 bridgehead atoms. The van der Waals surface area contributed by atoms with Crippen molar-refractivity contribution < 1.29 is 31.6 Å². The average molecular weight is 435 g/mol. The van der Waals surface area contributed by atoms with Crippen LogP contribution in [0.15, 0.2) is 40.9 Å². The van der Waals surface area contributed by atoms with Crippen molar-refractivity contribution in [2.75, 3.05) is 6.61 Å². The van der Waals surface area contributed by atoms with Crippen molar-refractivity contribution in [1.29, 1.82) is 0 Å². The minimum absolute atomic E-state index is 0.0719. The van der Waals surface area contributed by atoms with Crippen molar-refractivity contribution in [3.63, 3.8) is 0 Å². The Hall–Kier alpha value is -2.65. The van der Waals surface area contributed by atoms with Crippen LogP contribution in [0.2, 0.25) is 10.0 Å².